The van der Waals surface area contributed by atoms with Gasteiger partial charge in [0.1, 0.15) is 0 Å². The van der Waals surface area contributed by atoms with Gasteiger partial charge in [0.25, 0.3) is 5.91 Å². The Morgan fingerprint density at radius 2 is 1.68 bits per heavy atom. The van der Waals surface area contributed by atoms with Crippen molar-refractivity contribution in [2.24, 2.45) is 5.92 Å². The van der Waals surface area contributed by atoms with Crippen molar-refractivity contribution < 1.29 is 19.1 Å². The molecule has 0 heterocycles. The minimum absolute atomic E-state index is 0.0497. The molecule has 0 radical (unpaired) electrons. The first-order valence-corrected chi connectivity index (χ1v) is 5.92. The van der Waals surface area contributed by atoms with E-state index in [-0.39, 0.29) is 24.2 Å². The summed E-state index contributed by atoms with van der Waals surface area (Å²) in [5.74, 6) is -1.10. The van der Waals surface area contributed by atoms with Crippen LogP contribution >= 0.6 is 0 Å². The van der Waals surface area contributed by atoms with Gasteiger partial charge in [0.05, 0.1) is 13.0 Å². The second-order valence-electron chi connectivity index (χ2n) is 4.27. The number of amides is 1. The van der Waals surface area contributed by atoms with Gasteiger partial charge in [-0.05, 0) is 19.1 Å². The molecule has 0 bridgehead atoms. The van der Waals surface area contributed by atoms with Crippen molar-refractivity contribution in [2.45, 2.75) is 13.8 Å². The third-order valence-corrected chi connectivity index (χ3v) is 2.73. The molecule has 1 amide bonds. The topological polar surface area (TPSA) is 72.5 Å². The summed E-state index contributed by atoms with van der Waals surface area (Å²) in [6, 6.07) is 6.35. The Balaban J connectivity index is 2.59. The molecule has 5 heteroatoms. The molecule has 1 atom stereocenters. The van der Waals surface area contributed by atoms with Gasteiger partial charge in [-0.15, -0.1) is 0 Å². The fraction of sp³-hybridized carbons (Fsp3) is 0.357. The Bertz CT molecular complexity index is 479. The lowest BCUT2D eigenvalue weighted by molar-refractivity contribution is -0.144. The van der Waals surface area contributed by atoms with E-state index in [2.05, 4.69) is 10.1 Å². The van der Waals surface area contributed by atoms with Crippen LogP contribution in [-0.2, 0) is 9.53 Å². The molecule has 1 aromatic carbocycles. The third-order valence-electron chi connectivity index (χ3n) is 2.73. The lowest BCUT2D eigenvalue weighted by Crippen LogP contribution is -2.32. The van der Waals surface area contributed by atoms with E-state index in [1.807, 2.05) is 0 Å². The van der Waals surface area contributed by atoms with E-state index in [0.29, 0.717) is 11.1 Å². The molecule has 0 aliphatic heterocycles. The van der Waals surface area contributed by atoms with E-state index >= 15 is 0 Å². The number of Topliss-reactive ketones (excluding diaryl/α,β-unsaturated/α-hetero) is 1. The highest BCUT2D eigenvalue weighted by atomic mass is 16.5. The smallest absolute Gasteiger partial charge is 0.310 e. The summed E-state index contributed by atoms with van der Waals surface area (Å²) in [6.07, 6.45) is 0. The van der Waals surface area contributed by atoms with Crippen molar-refractivity contribution in [3.05, 3.63) is 35.4 Å². The van der Waals surface area contributed by atoms with E-state index < -0.39 is 5.92 Å². The average molecular weight is 263 g/mol. The molecular weight excluding hydrogens is 246 g/mol. The normalized spacial score (nSPS) is 11.5. The molecule has 0 spiro atoms. The fourth-order valence-electron chi connectivity index (χ4n) is 1.49. The Morgan fingerprint density at radius 1 is 1.16 bits per heavy atom. The van der Waals surface area contributed by atoms with Gasteiger partial charge < -0.3 is 10.1 Å². The van der Waals surface area contributed by atoms with Crippen molar-refractivity contribution >= 4 is 17.7 Å². The summed E-state index contributed by atoms with van der Waals surface area (Å²) in [7, 11) is 1.31. The maximum atomic E-state index is 11.8. The number of benzene rings is 1. The highest BCUT2D eigenvalue weighted by Gasteiger charge is 2.14. The van der Waals surface area contributed by atoms with Gasteiger partial charge in [0.2, 0.25) is 0 Å². The zero-order chi connectivity index (χ0) is 14.4. The van der Waals surface area contributed by atoms with Crippen LogP contribution in [0.15, 0.2) is 24.3 Å². The number of ketones is 1. The first kappa shape index (κ1) is 14.9. The zero-order valence-corrected chi connectivity index (χ0v) is 11.2. The standard InChI is InChI=1S/C14H17NO4/c1-9(14(18)19-3)8-15-13(17)12-6-4-11(5-7-12)10(2)16/h4-7,9H,8H2,1-3H3,(H,15,17)/t9-/m0/s1. The van der Waals surface area contributed by atoms with Crippen LogP contribution in [-0.4, -0.2) is 31.3 Å². The molecule has 0 aromatic heterocycles. The predicted molar refractivity (Wildman–Crippen MR) is 70.0 cm³/mol. The molecule has 0 aliphatic carbocycles. The summed E-state index contributed by atoms with van der Waals surface area (Å²) < 4.78 is 4.56. The fourth-order valence-corrected chi connectivity index (χ4v) is 1.49. The highest BCUT2D eigenvalue weighted by molar-refractivity contribution is 5.97. The molecule has 0 saturated carbocycles. The van der Waals surface area contributed by atoms with Gasteiger partial charge in [-0.2, -0.15) is 0 Å². The van der Waals surface area contributed by atoms with Crippen molar-refractivity contribution in [1.29, 1.82) is 0 Å². The molecule has 0 unspecified atom stereocenters. The second-order valence-corrected chi connectivity index (χ2v) is 4.27. The quantitative estimate of drug-likeness (QED) is 0.644. The summed E-state index contributed by atoms with van der Waals surface area (Å²) >= 11 is 0. The van der Waals surface area contributed by atoms with Gasteiger partial charge in [0, 0.05) is 17.7 Å². The summed E-state index contributed by atoms with van der Waals surface area (Å²) in [6.45, 7) is 3.35. The van der Waals surface area contributed by atoms with Crippen LogP contribution in [0.5, 0.6) is 0 Å². The maximum absolute atomic E-state index is 11.8. The van der Waals surface area contributed by atoms with Crippen molar-refractivity contribution in [1.82, 2.24) is 5.32 Å². The lowest BCUT2D eigenvalue weighted by Gasteiger charge is -2.10. The molecule has 102 valence electrons. The van der Waals surface area contributed by atoms with E-state index in [9.17, 15) is 14.4 Å². The van der Waals surface area contributed by atoms with Gasteiger partial charge >= 0.3 is 5.97 Å². The lowest BCUT2D eigenvalue weighted by atomic mass is 10.1. The Kier molecular flexibility index (Phi) is 5.23. The van der Waals surface area contributed by atoms with Crippen LogP contribution in [0.25, 0.3) is 0 Å². The SMILES string of the molecule is COC(=O)[C@@H](C)CNC(=O)c1ccc(C(C)=O)cc1. The highest BCUT2D eigenvalue weighted by Crippen LogP contribution is 2.05. The summed E-state index contributed by atoms with van der Waals surface area (Å²) in [4.78, 5) is 34.1. The zero-order valence-electron chi connectivity index (χ0n) is 11.2. The van der Waals surface area contributed by atoms with Crippen molar-refractivity contribution in [3.63, 3.8) is 0 Å². The largest absolute Gasteiger partial charge is 0.469 e. The third kappa shape index (κ3) is 4.21. The number of methoxy groups -OCH3 is 1. The predicted octanol–water partition coefficient (Wildman–Crippen LogP) is 1.43. The first-order chi connectivity index (χ1) is 8.95. The Morgan fingerprint density at radius 3 is 2.16 bits per heavy atom. The van der Waals surface area contributed by atoms with E-state index in [1.54, 1.807) is 31.2 Å². The van der Waals surface area contributed by atoms with E-state index in [4.69, 9.17) is 0 Å². The number of rotatable bonds is 5. The molecule has 1 rings (SSSR count). The number of carbonyl (C=O) groups excluding carboxylic acids is 3. The number of ether oxygens (including phenoxy) is 1. The number of hydrogen-bond acceptors (Lipinski definition) is 4. The van der Waals surface area contributed by atoms with Gasteiger partial charge in [-0.25, -0.2) is 0 Å². The van der Waals surface area contributed by atoms with Crippen LogP contribution in [0.3, 0.4) is 0 Å². The van der Waals surface area contributed by atoms with Gasteiger partial charge in [0.15, 0.2) is 5.78 Å². The van der Waals surface area contributed by atoms with Gasteiger partial charge in [-0.1, -0.05) is 19.1 Å². The summed E-state index contributed by atoms with van der Waals surface area (Å²) in [5.41, 5.74) is 1.00. The molecule has 19 heavy (non-hydrogen) atoms. The van der Waals surface area contributed by atoms with Crippen LogP contribution in [0, 0.1) is 5.92 Å². The Hall–Kier alpha value is -2.17. The minimum Gasteiger partial charge on any atom is -0.469 e. The molecule has 5 nitrogen and oxygen atoms in total. The van der Waals surface area contributed by atoms with Crippen LogP contribution < -0.4 is 5.32 Å². The van der Waals surface area contributed by atoms with Crippen LogP contribution in [0.1, 0.15) is 34.6 Å². The van der Waals surface area contributed by atoms with E-state index in [1.165, 1.54) is 14.0 Å². The van der Waals surface area contributed by atoms with Gasteiger partial charge in [-0.3, -0.25) is 14.4 Å². The Labute approximate surface area is 111 Å². The first-order valence-electron chi connectivity index (χ1n) is 5.92. The molecule has 0 aliphatic rings. The molecule has 1 N–H and O–H groups in total. The minimum atomic E-state index is -0.398. The van der Waals surface area contributed by atoms with Crippen LogP contribution in [0.4, 0.5) is 0 Å². The summed E-state index contributed by atoms with van der Waals surface area (Å²) in [5, 5.41) is 2.64. The van der Waals surface area contributed by atoms with E-state index in [0.717, 1.165) is 0 Å². The average Bonchev–Trinajstić information content (AvgIpc) is 2.43. The molecule has 0 saturated heterocycles. The van der Waals surface area contributed by atoms with Crippen LogP contribution in [0.2, 0.25) is 0 Å². The number of esters is 1. The number of hydrogen-bond donors (Lipinski definition) is 1. The monoisotopic (exact) mass is 263 g/mol. The number of carbonyl (C=O) groups is 3. The maximum Gasteiger partial charge on any atom is 0.310 e. The molecule has 1 aromatic rings. The molecule has 0 fully saturated rings. The second kappa shape index (κ2) is 6.68. The van der Waals surface area contributed by atoms with Crippen molar-refractivity contribution in [2.75, 3.05) is 13.7 Å². The number of nitrogens with one attached hydrogen (secondary N) is 1. The van der Waals surface area contributed by atoms with Crippen molar-refractivity contribution in [3.8, 4) is 0 Å². The molecular formula is C14H17NO4.